The maximum atomic E-state index is 12.8. The predicted molar refractivity (Wildman–Crippen MR) is 67.7 cm³/mol. The van der Waals surface area contributed by atoms with Crippen LogP contribution in [0, 0.1) is 0 Å². The van der Waals surface area contributed by atoms with Crippen molar-refractivity contribution in [3.63, 3.8) is 0 Å². The standard InChI is InChI=1S/C13H14F3NO5/c1-2-17(10(7-18)11(19)20)22-12(21)8-5-3-4-6-9(8)13(14,15)16/h3-6,10,18H,2,7H2,1H3,(H,19,20)/t10-/m0/s1. The number of carboxylic acids is 1. The molecule has 0 aromatic heterocycles. The molecule has 9 heteroatoms. The molecule has 0 radical (unpaired) electrons. The molecule has 0 spiro atoms. The highest BCUT2D eigenvalue weighted by Crippen LogP contribution is 2.32. The highest BCUT2D eigenvalue weighted by Gasteiger charge is 2.36. The van der Waals surface area contributed by atoms with Crippen molar-refractivity contribution < 1.29 is 37.8 Å². The van der Waals surface area contributed by atoms with Crippen molar-refractivity contribution in [1.82, 2.24) is 5.06 Å². The molecule has 6 nitrogen and oxygen atoms in total. The van der Waals surface area contributed by atoms with Crippen molar-refractivity contribution in [3.8, 4) is 0 Å². The fraction of sp³-hybridized carbons (Fsp3) is 0.385. The zero-order chi connectivity index (χ0) is 16.9. The average Bonchev–Trinajstić information content (AvgIpc) is 2.45. The van der Waals surface area contributed by atoms with Crippen LogP contribution in [0.2, 0.25) is 0 Å². The van der Waals surface area contributed by atoms with Gasteiger partial charge in [-0.15, -0.1) is 5.06 Å². The fourth-order valence-electron chi connectivity index (χ4n) is 1.70. The van der Waals surface area contributed by atoms with Crippen LogP contribution in [0.3, 0.4) is 0 Å². The summed E-state index contributed by atoms with van der Waals surface area (Å²) >= 11 is 0. The van der Waals surface area contributed by atoms with E-state index in [1.54, 1.807) is 0 Å². The minimum atomic E-state index is -4.75. The fourth-order valence-corrected chi connectivity index (χ4v) is 1.70. The number of aliphatic carboxylic acids is 1. The first-order valence-electron chi connectivity index (χ1n) is 6.21. The molecule has 0 saturated heterocycles. The van der Waals surface area contributed by atoms with Crippen LogP contribution in [0.15, 0.2) is 24.3 Å². The number of benzene rings is 1. The number of likely N-dealkylation sites (N-methyl/N-ethyl adjacent to an activating group) is 1. The van der Waals surface area contributed by atoms with Crippen molar-refractivity contribution in [2.75, 3.05) is 13.2 Å². The minimum absolute atomic E-state index is 0.128. The molecule has 0 saturated carbocycles. The van der Waals surface area contributed by atoms with E-state index < -0.39 is 41.9 Å². The van der Waals surface area contributed by atoms with Gasteiger partial charge in [0, 0.05) is 6.54 Å². The molecule has 1 aromatic carbocycles. The molecule has 122 valence electrons. The van der Waals surface area contributed by atoms with Crippen LogP contribution in [-0.4, -0.2) is 46.4 Å². The van der Waals surface area contributed by atoms with E-state index in [2.05, 4.69) is 4.84 Å². The van der Waals surface area contributed by atoms with Crippen LogP contribution in [0.1, 0.15) is 22.8 Å². The molecule has 0 fully saturated rings. The van der Waals surface area contributed by atoms with Crippen molar-refractivity contribution in [2.45, 2.75) is 19.1 Å². The van der Waals surface area contributed by atoms with E-state index in [9.17, 15) is 22.8 Å². The number of alkyl halides is 3. The first-order chi connectivity index (χ1) is 10.2. The van der Waals surface area contributed by atoms with Gasteiger partial charge in [-0.3, -0.25) is 4.79 Å². The van der Waals surface area contributed by atoms with Gasteiger partial charge in [0.05, 0.1) is 17.7 Å². The molecule has 0 aliphatic heterocycles. The van der Waals surface area contributed by atoms with E-state index in [4.69, 9.17) is 10.2 Å². The zero-order valence-electron chi connectivity index (χ0n) is 11.5. The van der Waals surface area contributed by atoms with Crippen LogP contribution in [0.25, 0.3) is 0 Å². The van der Waals surface area contributed by atoms with Gasteiger partial charge in [0.1, 0.15) is 0 Å². The van der Waals surface area contributed by atoms with Crippen molar-refractivity contribution >= 4 is 11.9 Å². The summed E-state index contributed by atoms with van der Waals surface area (Å²) in [6, 6.07) is 2.42. The third-order valence-electron chi connectivity index (χ3n) is 2.77. The number of hydrogen-bond donors (Lipinski definition) is 2. The maximum absolute atomic E-state index is 12.8. The third-order valence-corrected chi connectivity index (χ3v) is 2.77. The molecule has 0 heterocycles. The van der Waals surface area contributed by atoms with Crippen LogP contribution in [-0.2, 0) is 15.8 Å². The number of hydroxylamine groups is 2. The van der Waals surface area contributed by atoms with Gasteiger partial charge >= 0.3 is 18.1 Å². The van der Waals surface area contributed by atoms with Gasteiger partial charge in [-0.2, -0.15) is 13.2 Å². The SMILES string of the molecule is CCN(OC(=O)c1ccccc1C(F)(F)F)[C@@H](CO)C(=O)O. The second-order valence-electron chi connectivity index (χ2n) is 4.19. The van der Waals surface area contributed by atoms with Crippen molar-refractivity contribution in [2.24, 2.45) is 0 Å². The molecular weight excluding hydrogens is 307 g/mol. The summed E-state index contributed by atoms with van der Waals surface area (Å²) < 4.78 is 38.5. The van der Waals surface area contributed by atoms with E-state index in [1.807, 2.05) is 0 Å². The Balaban J connectivity index is 3.05. The first-order valence-corrected chi connectivity index (χ1v) is 6.21. The van der Waals surface area contributed by atoms with Gasteiger partial charge in [-0.05, 0) is 19.1 Å². The number of hydrogen-bond acceptors (Lipinski definition) is 5. The highest BCUT2D eigenvalue weighted by atomic mass is 19.4. The normalized spacial score (nSPS) is 13.0. The van der Waals surface area contributed by atoms with Crippen molar-refractivity contribution in [3.05, 3.63) is 35.4 Å². The highest BCUT2D eigenvalue weighted by molar-refractivity contribution is 5.91. The minimum Gasteiger partial charge on any atom is -0.480 e. The Hall–Kier alpha value is -2.13. The molecule has 0 aliphatic rings. The van der Waals surface area contributed by atoms with Gasteiger partial charge in [0.25, 0.3) is 0 Å². The second kappa shape index (κ2) is 7.23. The Bertz CT molecular complexity index is 547. The smallest absolute Gasteiger partial charge is 0.417 e. The summed E-state index contributed by atoms with van der Waals surface area (Å²) in [5.74, 6) is -2.82. The monoisotopic (exact) mass is 321 g/mol. The lowest BCUT2D eigenvalue weighted by Gasteiger charge is -2.25. The maximum Gasteiger partial charge on any atom is 0.417 e. The van der Waals surface area contributed by atoms with Gasteiger partial charge in [0.15, 0.2) is 6.04 Å². The lowest BCUT2D eigenvalue weighted by molar-refractivity contribution is -0.175. The summed E-state index contributed by atoms with van der Waals surface area (Å²) in [4.78, 5) is 27.5. The summed E-state index contributed by atoms with van der Waals surface area (Å²) in [5, 5.41) is 18.4. The quantitative estimate of drug-likeness (QED) is 0.773. The van der Waals surface area contributed by atoms with E-state index in [0.717, 1.165) is 12.1 Å². The largest absolute Gasteiger partial charge is 0.480 e. The van der Waals surface area contributed by atoms with E-state index in [0.29, 0.717) is 11.1 Å². The van der Waals surface area contributed by atoms with Gasteiger partial charge in [0.2, 0.25) is 0 Å². The number of rotatable bonds is 6. The van der Waals surface area contributed by atoms with E-state index >= 15 is 0 Å². The molecule has 1 aromatic rings. The molecule has 0 amide bonds. The average molecular weight is 321 g/mol. The number of carbonyl (C=O) groups is 2. The zero-order valence-corrected chi connectivity index (χ0v) is 11.5. The van der Waals surface area contributed by atoms with E-state index in [1.165, 1.54) is 13.0 Å². The Morgan fingerprint density at radius 3 is 2.36 bits per heavy atom. The summed E-state index contributed by atoms with van der Waals surface area (Å²) in [6.07, 6.45) is -4.75. The lowest BCUT2D eigenvalue weighted by Crippen LogP contribution is -2.45. The predicted octanol–water partition coefficient (Wildman–Crippen LogP) is 1.54. The molecule has 1 rings (SSSR count). The molecule has 2 N–H and O–H groups in total. The van der Waals surface area contributed by atoms with Crippen LogP contribution < -0.4 is 0 Å². The number of aliphatic hydroxyl groups excluding tert-OH is 1. The van der Waals surface area contributed by atoms with Crippen LogP contribution in [0.4, 0.5) is 13.2 Å². The van der Waals surface area contributed by atoms with Gasteiger partial charge in [-0.25, -0.2) is 4.79 Å². The molecule has 0 bridgehead atoms. The van der Waals surface area contributed by atoms with Crippen molar-refractivity contribution in [1.29, 1.82) is 0 Å². The van der Waals surface area contributed by atoms with Crippen LogP contribution in [0.5, 0.6) is 0 Å². The van der Waals surface area contributed by atoms with Gasteiger partial charge < -0.3 is 15.1 Å². The Kier molecular flexibility index (Phi) is 5.89. The molecular formula is C13H14F3NO5. The molecule has 1 atom stereocenters. The lowest BCUT2D eigenvalue weighted by atomic mass is 10.1. The van der Waals surface area contributed by atoms with Gasteiger partial charge in [-0.1, -0.05) is 12.1 Å². The Morgan fingerprint density at radius 1 is 1.32 bits per heavy atom. The summed E-state index contributed by atoms with van der Waals surface area (Å²) in [5.41, 5.74) is -1.93. The number of carbonyl (C=O) groups excluding carboxylic acids is 1. The number of aliphatic hydroxyl groups is 1. The van der Waals surface area contributed by atoms with Crippen LogP contribution >= 0.6 is 0 Å². The number of nitrogens with zero attached hydrogens (tertiary/aromatic N) is 1. The molecule has 0 unspecified atom stereocenters. The summed E-state index contributed by atoms with van der Waals surface area (Å²) in [7, 11) is 0. The summed E-state index contributed by atoms with van der Waals surface area (Å²) in [6.45, 7) is 0.434. The topological polar surface area (TPSA) is 87.1 Å². The molecule has 22 heavy (non-hydrogen) atoms. The number of carboxylic acid groups (broad SMARTS) is 1. The molecule has 0 aliphatic carbocycles. The Labute approximate surface area is 123 Å². The van der Waals surface area contributed by atoms with E-state index in [-0.39, 0.29) is 6.54 Å². The Morgan fingerprint density at radius 2 is 1.91 bits per heavy atom. The number of halogens is 3. The third kappa shape index (κ3) is 4.18. The first kappa shape index (κ1) is 17.9. The second-order valence-corrected chi connectivity index (χ2v) is 4.19.